The van der Waals surface area contributed by atoms with Crippen LogP contribution in [0.5, 0.6) is 5.75 Å². The first-order valence-corrected chi connectivity index (χ1v) is 10.4. The van der Waals surface area contributed by atoms with Crippen LogP contribution in [0.3, 0.4) is 0 Å². The zero-order chi connectivity index (χ0) is 24.5. The summed E-state index contributed by atoms with van der Waals surface area (Å²) >= 11 is 0. The molecule has 33 heavy (non-hydrogen) atoms. The van der Waals surface area contributed by atoms with Crippen molar-refractivity contribution in [2.75, 3.05) is 13.1 Å². The molecule has 2 rings (SSSR count). The van der Waals surface area contributed by atoms with Crippen molar-refractivity contribution in [1.29, 1.82) is 0 Å². The maximum Gasteiger partial charge on any atom is 0.326 e. The molecule has 7 N–H and O–H groups in total. The minimum atomic E-state index is -1.46. The van der Waals surface area contributed by atoms with E-state index in [1.807, 2.05) is 0 Å². The molecule has 1 aliphatic heterocycles. The number of aliphatic carboxylic acids is 2. The van der Waals surface area contributed by atoms with E-state index in [1.165, 1.54) is 17.0 Å². The molecule has 0 aromatic heterocycles. The molecule has 0 saturated carbocycles. The molecule has 1 fully saturated rings. The van der Waals surface area contributed by atoms with Gasteiger partial charge in [-0.3, -0.25) is 19.2 Å². The molecule has 0 aliphatic carbocycles. The topological polar surface area (TPSA) is 199 Å². The summed E-state index contributed by atoms with van der Waals surface area (Å²) in [4.78, 5) is 61.5. The fourth-order valence-electron chi connectivity index (χ4n) is 3.60. The summed E-state index contributed by atoms with van der Waals surface area (Å²) in [5, 5.41) is 32.5. The van der Waals surface area contributed by atoms with E-state index in [0.717, 1.165) is 0 Å². The SMILES string of the molecule is NCC(=O)N1CCCC1C(=O)NC(Cc1ccc(O)cc1)C(=O)NC(CCC(=O)O)C(=O)O. The van der Waals surface area contributed by atoms with E-state index >= 15 is 0 Å². The molecule has 1 aliphatic rings. The molecule has 3 atom stereocenters. The van der Waals surface area contributed by atoms with Crippen LogP contribution >= 0.6 is 0 Å². The van der Waals surface area contributed by atoms with Gasteiger partial charge in [-0.25, -0.2) is 4.79 Å². The molecular weight excluding hydrogens is 436 g/mol. The molecule has 1 saturated heterocycles. The third-order valence-corrected chi connectivity index (χ3v) is 5.32. The quantitative estimate of drug-likeness (QED) is 0.233. The van der Waals surface area contributed by atoms with Gasteiger partial charge in [0.2, 0.25) is 17.7 Å². The number of carbonyl (C=O) groups excluding carboxylic acids is 3. The highest BCUT2D eigenvalue weighted by Crippen LogP contribution is 2.18. The molecule has 1 aromatic rings. The Morgan fingerprint density at radius 1 is 1.06 bits per heavy atom. The van der Waals surface area contributed by atoms with Crippen molar-refractivity contribution in [3.8, 4) is 5.75 Å². The number of phenolic OH excluding ortho intramolecular Hbond substituents is 1. The Morgan fingerprint density at radius 2 is 1.73 bits per heavy atom. The van der Waals surface area contributed by atoms with Gasteiger partial charge >= 0.3 is 11.9 Å². The molecule has 0 bridgehead atoms. The maximum atomic E-state index is 12.9. The molecule has 12 nitrogen and oxygen atoms in total. The lowest BCUT2D eigenvalue weighted by atomic mass is 10.0. The van der Waals surface area contributed by atoms with Gasteiger partial charge in [0.15, 0.2) is 0 Å². The van der Waals surface area contributed by atoms with Crippen LogP contribution in [0.2, 0.25) is 0 Å². The van der Waals surface area contributed by atoms with E-state index in [1.54, 1.807) is 12.1 Å². The first-order valence-electron chi connectivity index (χ1n) is 10.4. The zero-order valence-electron chi connectivity index (χ0n) is 17.9. The predicted molar refractivity (Wildman–Crippen MR) is 114 cm³/mol. The van der Waals surface area contributed by atoms with Crippen molar-refractivity contribution in [2.24, 2.45) is 5.73 Å². The van der Waals surface area contributed by atoms with Crippen molar-refractivity contribution in [3.05, 3.63) is 29.8 Å². The Bertz CT molecular complexity index is 889. The van der Waals surface area contributed by atoms with E-state index in [4.69, 9.17) is 10.8 Å². The number of carbonyl (C=O) groups is 5. The van der Waals surface area contributed by atoms with Crippen LogP contribution in [-0.2, 0) is 30.4 Å². The molecule has 1 aromatic carbocycles. The van der Waals surface area contributed by atoms with Crippen LogP contribution < -0.4 is 16.4 Å². The van der Waals surface area contributed by atoms with Crippen LogP contribution in [0.4, 0.5) is 0 Å². The van der Waals surface area contributed by atoms with Crippen molar-refractivity contribution < 1.29 is 39.3 Å². The Hall–Kier alpha value is -3.67. The average Bonchev–Trinajstić information content (AvgIpc) is 3.26. The lowest BCUT2D eigenvalue weighted by Gasteiger charge is -2.27. The van der Waals surface area contributed by atoms with Crippen LogP contribution in [-0.4, -0.2) is 81.1 Å². The Balaban J connectivity index is 2.19. The number of amides is 3. The standard InChI is InChI=1S/C21H28N4O8/c22-11-17(27)25-9-1-2-16(25)20(31)24-15(10-12-3-5-13(26)6-4-12)19(30)23-14(21(32)33)7-8-18(28)29/h3-6,14-16,26H,1-2,7-11,22H2,(H,23,30)(H,24,31)(H,28,29)(H,32,33). The summed E-state index contributed by atoms with van der Waals surface area (Å²) in [5.74, 6) is -4.41. The fourth-order valence-corrected chi connectivity index (χ4v) is 3.60. The molecule has 3 unspecified atom stereocenters. The highest BCUT2D eigenvalue weighted by Gasteiger charge is 2.36. The number of rotatable bonds is 11. The first kappa shape index (κ1) is 25.6. The van der Waals surface area contributed by atoms with Gasteiger partial charge in [-0.2, -0.15) is 0 Å². The lowest BCUT2D eigenvalue weighted by molar-refractivity contribution is -0.143. The summed E-state index contributed by atoms with van der Waals surface area (Å²) < 4.78 is 0. The van der Waals surface area contributed by atoms with E-state index in [0.29, 0.717) is 24.9 Å². The maximum absolute atomic E-state index is 12.9. The Labute approximate surface area is 189 Å². The lowest BCUT2D eigenvalue weighted by Crippen LogP contribution is -2.56. The minimum absolute atomic E-state index is 0.00490. The average molecular weight is 464 g/mol. The number of aromatic hydroxyl groups is 1. The predicted octanol–water partition coefficient (Wildman–Crippen LogP) is -1.20. The van der Waals surface area contributed by atoms with Crippen molar-refractivity contribution in [2.45, 2.75) is 50.2 Å². The molecule has 180 valence electrons. The monoisotopic (exact) mass is 464 g/mol. The number of hydrogen-bond donors (Lipinski definition) is 6. The molecular formula is C21H28N4O8. The van der Waals surface area contributed by atoms with E-state index in [2.05, 4.69) is 10.6 Å². The second-order valence-electron chi connectivity index (χ2n) is 7.71. The van der Waals surface area contributed by atoms with Gasteiger partial charge in [-0.15, -0.1) is 0 Å². The van der Waals surface area contributed by atoms with Crippen molar-refractivity contribution in [3.63, 3.8) is 0 Å². The Morgan fingerprint density at radius 3 is 2.30 bits per heavy atom. The highest BCUT2D eigenvalue weighted by atomic mass is 16.4. The Kier molecular flexibility index (Phi) is 9.16. The summed E-state index contributed by atoms with van der Waals surface area (Å²) in [6, 6.07) is 2.41. The van der Waals surface area contributed by atoms with Gasteiger partial charge in [0.25, 0.3) is 0 Å². The largest absolute Gasteiger partial charge is 0.508 e. The smallest absolute Gasteiger partial charge is 0.326 e. The number of nitrogens with one attached hydrogen (secondary N) is 2. The number of carboxylic acids is 2. The number of likely N-dealkylation sites (tertiary alicyclic amines) is 1. The molecule has 0 spiro atoms. The van der Waals surface area contributed by atoms with Crippen LogP contribution in [0, 0.1) is 0 Å². The van der Waals surface area contributed by atoms with Crippen LogP contribution in [0.15, 0.2) is 24.3 Å². The molecule has 12 heteroatoms. The third kappa shape index (κ3) is 7.45. The van der Waals surface area contributed by atoms with Gasteiger partial charge in [0.05, 0.1) is 6.54 Å². The van der Waals surface area contributed by atoms with E-state index < -0.39 is 54.2 Å². The molecule has 3 amide bonds. The van der Waals surface area contributed by atoms with Gasteiger partial charge < -0.3 is 36.6 Å². The summed E-state index contributed by atoms with van der Waals surface area (Å²) in [7, 11) is 0. The van der Waals surface area contributed by atoms with Crippen molar-refractivity contribution >= 4 is 29.7 Å². The summed E-state index contributed by atoms with van der Waals surface area (Å²) in [6.07, 6.45) is 0.152. The minimum Gasteiger partial charge on any atom is -0.508 e. The number of carboxylic acid groups (broad SMARTS) is 2. The second-order valence-corrected chi connectivity index (χ2v) is 7.71. The van der Waals surface area contributed by atoms with Crippen LogP contribution in [0.25, 0.3) is 0 Å². The second kappa shape index (κ2) is 11.8. The molecule has 0 radical (unpaired) electrons. The van der Waals surface area contributed by atoms with Gasteiger partial charge in [-0.1, -0.05) is 12.1 Å². The van der Waals surface area contributed by atoms with Crippen molar-refractivity contribution in [1.82, 2.24) is 15.5 Å². The summed E-state index contributed by atoms with van der Waals surface area (Å²) in [5.41, 5.74) is 5.98. The number of hydrogen-bond acceptors (Lipinski definition) is 7. The highest BCUT2D eigenvalue weighted by molar-refractivity contribution is 5.94. The van der Waals surface area contributed by atoms with Gasteiger partial charge in [-0.05, 0) is 37.0 Å². The first-order chi connectivity index (χ1) is 15.6. The third-order valence-electron chi connectivity index (χ3n) is 5.32. The number of nitrogens with two attached hydrogens (primary N) is 1. The normalized spacial score (nSPS) is 17.1. The number of phenols is 1. The van der Waals surface area contributed by atoms with Gasteiger partial charge in [0.1, 0.15) is 23.9 Å². The van der Waals surface area contributed by atoms with Gasteiger partial charge in [0, 0.05) is 19.4 Å². The zero-order valence-corrected chi connectivity index (χ0v) is 17.9. The number of nitrogens with zero attached hydrogens (tertiary/aromatic N) is 1. The fraction of sp³-hybridized carbons (Fsp3) is 0.476. The summed E-state index contributed by atoms with van der Waals surface area (Å²) in [6.45, 7) is 0.101. The number of benzene rings is 1. The molecule has 1 heterocycles. The van der Waals surface area contributed by atoms with E-state index in [-0.39, 0.29) is 25.1 Å². The van der Waals surface area contributed by atoms with E-state index in [9.17, 15) is 34.2 Å². The van der Waals surface area contributed by atoms with Crippen LogP contribution in [0.1, 0.15) is 31.2 Å².